The van der Waals surface area contributed by atoms with Crippen molar-refractivity contribution < 1.29 is 19.2 Å². The first-order valence-corrected chi connectivity index (χ1v) is 9.83. The number of nitro groups is 1. The fourth-order valence-corrected chi connectivity index (χ4v) is 3.58. The van der Waals surface area contributed by atoms with Gasteiger partial charge in [0.2, 0.25) is 6.10 Å². The number of ether oxygens (including phenoxy) is 1. The van der Waals surface area contributed by atoms with Gasteiger partial charge < -0.3 is 10.1 Å². The monoisotopic (exact) mass is 416 g/mol. The zero-order valence-electron chi connectivity index (χ0n) is 15.7. The summed E-state index contributed by atoms with van der Waals surface area (Å²) in [6, 6.07) is 11.7. The molecule has 1 aliphatic rings. The highest BCUT2D eigenvalue weighted by molar-refractivity contribution is 6.30. The summed E-state index contributed by atoms with van der Waals surface area (Å²) in [6.45, 7) is 0. The highest BCUT2D eigenvalue weighted by Crippen LogP contribution is 2.26. The Bertz CT molecular complexity index is 911. The van der Waals surface area contributed by atoms with E-state index in [0.29, 0.717) is 5.02 Å². The molecule has 0 heterocycles. The maximum atomic E-state index is 12.9. The van der Waals surface area contributed by atoms with Gasteiger partial charge in [-0.15, -0.1) is 0 Å². The molecule has 1 saturated carbocycles. The zero-order chi connectivity index (χ0) is 20.8. The molecule has 2 aromatic carbocycles. The molecule has 8 heteroatoms. The molecule has 0 aliphatic heterocycles. The molecule has 1 N–H and O–H groups in total. The minimum atomic E-state index is -1.30. The Hall–Kier alpha value is -2.93. The highest BCUT2D eigenvalue weighted by atomic mass is 35.5. The molecular weight excluding hydrogens is 396 g/mol. The van der Waals surface area contributed by atoms with E-state index in [1.807, 2.05) is 0 Å². The summed E-state index contributed by atoms with van der Waals surface area (Å²) in [7, 11) is 0. The number of halogens is 1. The third kappa shape index (κ3) is 5.54. The molecule has 1 aliphatic carbocycles. The average Bonchev–Trinajstić information content (AvgIpc) is 2.72. The number of nitrogens with zero attached hydrogens (tertiary/aromatic N) is 1. The van der Waals surface area contributed by atoms with Crippen molar-refractivity contribution in [3.8, 4) is 0 Å². The van der Waals surface area contributed by atoms with Crippen LogP contribution < -0.4 is 5.32 Å². The molecule has 29 heavy (non-hydrogen) atoms. The third-order valence-electron chi connectivity index (χ3n) is 4.86. The Kier molecular flexibility index (Phi) is 6.82. The van der Waals surface area contributed by atoms with Crippen LogP contribution in [0.5, 0.6) is 0 Å². The van der Waals surface area contributed by atoms with Gasteiger partial charge in [0, 0.05) is 28.8 Å². The minimum Gasteiger partial charge on any atom is -0.444 e. The topological polar surface area (TPSA) is 98.5 Å². The Morgan fingerprint density at radius 3 is 2.52 bits per heavy atom. The van der Waals surface area contributed by atoms with Crippen molar-refractivity contribution >= 4 is 29.2 Å². The molecule has 1 unspecified atom stereocenters. The van der Waals surface area contributed by atoms with Gasteiger partial charge in [0.25, 0.3) is 11.6 Å². The molecule has 1 fully saturated rings. The van der Waals surface area contributed by atoms with E-state index in [1.165, 1.54) is 36.4 Å². The van der Waals surface area contributed by atoms with Crippen LogP contribution in [0, 0.1) is 10.1 Å². The summed E-state index contributed by atoms with van der Waals surface area (Å²) in [5, 5.41) is 14.4. The van der Waals surface area contributed by atoms with Gasteiger partial charge >= 0.3 is 5.97 Å². The predicted octanol–water partition coefficient (Wildman–Crippen LogP) is 4.60. The first-order valence-electron chi connectivity index (χ1n) is 9.45. The fraction of sp³-hybridized carbons (Fsp3) is 0.333. The van der Waals surface area contributed by atoms with Crippen molar-refractivity contribution in [3.63, 3.8) is 0 Å². The summed E-state index contributed by atoms with van der Waals surface area (Å²) in [5.41, 5.74) is 0.248. The van der Waals surface area contributed by atoms with Gasteiger partial charge in [0.1, 0.15) is 0 Å². The molecule has 2 aromatic rings. The number of esters is 1. The molecular formula is C21H21ClN2O5. The SMILES string of the molecule is O=C(OC(C(=O)NC1CCCCC1)c1cccc([N+](=O)[O-])c1)c1cccc(Cl)c1. The molecule has 7 nitrogen and oxygen atoms in total. The number of non-ortho nitro benzene ring substituents is 1. The number of hydrogen-bond acceptors (Lipinski definition) is 5. The zero-order valence-corrected chi connectivity index (χ0v) is 16.4. The molecule has 0 radical (unpaired) electrons. The van der Waals surface area contributed by atoms with Gasteiger partial charge in [0.05, 0.1) is 10.5 Å². The quantitative estimate of drug-likeness (QED) is 0.421. The van der Waals surface area contributed by atoms with Gasteiger partial charge in [-0.3, -0.25) is 14.9 Å². The molecule has 1 atom stereocenters. The molecule has 0 spiro atoms. The average molecular weight is 417 g/mol. The number of nitrogens with one attached hydrogen (secondary N) is 1. The van der Waals surface area contributed by atoms with Crippen LogP contribution in [0.15, 0.2) is 48.5 Å². The molecule has 0 aromatic heterocycles. The van der Waals surface area contributed by atoms with E-state index >= 15 is 0 Å². The van der Waals surface area contributed by atoms with Crippen LogP contribution in [0.4, 0.5) is 5.69 Å². The second-order valence-corrected chi connectivity index (χ2v) is 7.43. The van der Waals surface area contributed by atoms with Crippen molar-refractivity contribution in [1.29, 1.82) is 0 Å². The van der Waals surface area contributed by atoms with Crippen molar-refractivity contribution in [2.45, 2.75) is 44.2 Å². The van der Waals surface area contributed by atoms with Crippen molar-refractivity contribution in [2.75, 3.05) is 0 Å². The molecule has 152 valence electrons. The minimum absolute atomic E-state index is 0.00215. The number of rotatable bonds is 6. The molecule has 0 bridgehead atoms. The van der Waals surface area contributed by atoms with E-state index < -0.39 is 22.9 Å². The lowest BCUT2D eigenvalue weighted by molar-refractivity contribution is -0.385. The van der Waals surface area contributed by atoms with E-state index in [2.05, 4.69) is 5.32 Å². The lowest BCUT2D eigenvalue weighted by Crippen LogP contribution is -2.40. The number of benzene rings is 2. The van der Waals surface area contributed by atoms with Gasteiger partial charge in [-0.1, -0.05) is 49.1 Å². The van der Waals surface area contributed by atoms with Crippen LogP contribution in [-0.2, 0) is 9.53 Å². The lowest BCUT2D eigenvalue weighted by atomic mass is 9.95. The number of carbonyl (C=O) groups is 2. The largest absolute Gasteiger partial charge is 0.444 e. The highest BCUT2D eigenvalue weighted by Gasteiger charge is 2.29. The van der Waals surface area contributed by atoms with Crippen molar-refractivity contribution in [1.82, 2.24) is 5.32 Å². The second-order valence-electron chi connectivity index (χ2n) is 6.99. The van der Waals surface area contributed by atoms with E-state index in [0.717, 1.165) is 32.1 Å². The van der Waals surface area contributed by atoms with Crippen LogP contribution in [0.3, 0.4) is 0 Å². The summed E-state index contributed by atoms with van der Waals surface area (Å²) in [6.07, 6.45) is 3.59. The Labute approximate surface area is 173 Å². The summed E-state index contributed by atoms with van der Waals surface area (Å²) in [5.74, 6) is -1.23. The molecule has 3 rings (SSSR count). The van der Waals surface area contributed by atoms with E-state index in [1.54, 1.807) is 12.1 Å². The van der Waals surface area contributed by atoms with E-state index in [9.17, 15) is 19.7 Å². The van der Waals surface area contributed by atoms with Crippen molar-refractivity contribution in [3.05, 3.63) is 74.8 Å². The molecule has 0 saturated heterocycles. The van der Waals surface area contributed by atoms with Crippen molar-refractivity contribution in [2.24, 2.45) is 0 Å². The van der Waals surface area contributed by atoms with Gasteiger partial charge in [-0.05, 0) is 31.0 Å². The van der Waals surface area contributed by atoms with Gasteiger partial charge in [-0.2, -0.15) is 0 Å². The lowest BCUT2D eigenvalue weighted by Gasteiger charge is -2.25. The summed E-state index contributed by atoms with van der Waals surface area (Å²) >= 11 is 5.93. The first-order chi connectivity index (χ1) is 13.9. The van der Waals surface area contributed by atoms with Gasteiger partial charge in [0.15, 0.2) is 0 Å². The normalized spacial score (nSPS) is 15.3. The Morgan fingerprint density at radius 2 is 1.83 bits per heavy atom. The van der Waals surface area contributed by atoms with E-state index in [-0.39, 0.29) is 22.9 Å². The predicted molar refractivity (Wildman–Crippen MR) is 108 cm³/mol. The number of amides is 1. The van der Waals surface area contributed by atoms with Crippen LogP contribution in [0.2, 0.25) is 5.02 Å². The third-order valence-corrected chi connectivity index (χ3v) is 5.09. The maximum Gasteiger partial charge on any atom is 0.339 e. The van der Waals surface area contributed by atoms with Crippen LogP contribution in [0.1, 0.15) is 54.1 Å². The Balaban J connectivity index is 1.86. The molecule has 1 amide bonds. The second kappa shape index (κ2) is 9.52. The Morgan fingerprint density at radius 1 is 1.10 bits per heavy atom. The maximum absolute atomic E-state index is 12.9. The van der Waals surface area contributed by atoms with Gasteiger partial charge in [-0.25, -0.2) is 4.79 Å². The standard InChI is InChI=1S/C21H21ClN2O5/c22-16-8-4-7-15(12-16)21(26)29-19(14-6-5-11-18(13-14)24(27)28)20(25)23-17-9-2-1-3-10-17/h4-8,11-13,17,19H,1-3,9-10H2,(H,23,25). The fourth-order valence-electron chi connectivity index (χ4n) is 3.39. The summed E-state index contributed by atoms with van der Waals surface area (Å²) < 4.78 is 5.48. The first kappa shape index (κ1) is 20.8. The smallest absolute Gasteiger partial charge is 0.339 e. The van der Waals surface area contributed by atoms with Crippen LogP contribution >= 0.6 is 11.6 Å². The number of carbonyl (C=O) groups excluding carboxylic acids is 2. The van der Waals surface area contributed by atoms with Crippen LogP contribution in [-0.4, -0.2) is 22.8 Å². The van der Waals surface area contributed by atoms with Crippen LogP contribution in [0.25, 0.3) is 0 Å². The summed E-state index contributed by atoms with van der Waals surface area (Å²) in [4.78, 5) is 36.1. The number of hydrogen-bond donors (Lipinski definition) is 1. The van der Waals surface area contributed by atoms with E-state index in [4.69, 9.17) is 16.3 Å². The number of nitro benzene ring substituents is 1.